The Bertz CT molecular complexity index is 1660. The number of hydrogen-bond acceptors (Lipinski definition) is 6. The molecule has 1 amide bonds. The van der Waals surface area contributed by atoms with Crippen molar-refractivity contribution < 1.29 is 35.3 Å². The lowest BCUT2D eigenvalue weighted by Crippen LogP contribution is -2.21. The van der Waals surface area contributed by atoms with Gasteiger partial charge in [-0.1, -0.05) is 12.1 Å². The lowest BCUT2D eigenvalue weighted by atomic mass is 10.0. The lowest BCUT2D eigenvalue weighted by Gasteiger charge is -2.16. The molecule has 2 aromatic carbocycles. The van der Waals surface area contributed by atoms with Crippen molar-refractivity contribution in [3.8, 4) is 0 Å². The van der Waals surface area contributed by atoms with Crippen molar-refractivity contribution in [3.63, 3.8) is 0 Å². The zero-order chi connectivity index (χ0) is 27.9. The van der Waals surface area contributed by atoms with Gasteiger partial charge < -0.3 is 0 Å². The molecule has 2 aromatic heterocycles. The Labute approximate surface area is 217 Å². The number of aromatic nitrogens is 5. The molecule has 1 aliphatic heterocycles. The van der Waals surface area contributed by atoms with Crippen molar-refractivity contribution in [3.05, 3.63) is 81.6 Å². The molecule has 2 N–H and O–H groups in total. The van der Waals surface area contributed by atoms with Gasteiger partial charge >= 0.3 is 12.4 Å². The molecule has 202 valence electrons. The van der Waals surface area contributed by atoms with Crippen LogP contribution in [-0.4, -0.2) is 40.5 Å². The monoisotopic (exact) mass is 567 g/mol. The largest absolute Gasteiger partial charge is 0.416 e. The standard InChI is InChI=1S/C23H15F6N7O2S/c24-22(25,26)15-3-2-13(17(7-15)23(27,28)29)11-36-18-4-1-12(5-14(18)8-32-36)6-19-20(37)33-21(39(19)38)30-9-16-10-31-35-34-16/h1-8,10H,9,11H2,(H,30,33,37)(H,31,34,35). The fraction of sp³-hybridized carbons (Fsp3) is 0.174. The average Bonchev–Trinajstić information content (AvgIpc) is 3.58. The summed E-state index contributed by atoms with van der Waals surface area (Å²) in [5.74, 6) is -0.606. The summed E-state index contributed by atoms with van der Waals surface area (Å²) in [7, 11) is -1.88. The lowest BCUT2D eigenvalue weighted by molar-refractivity contribution is -0.143. The molecule has 0 aliphatic carbocycles. The number of aromatic amines is 1. The van der Waals surface area contributed by atoms with Crippen LogP contribution < -0.4 is 5.32 Å². The van der Waals surface area contributed by atoms with Crippen molar-refractivity contribution in [1.82, 2.24) is 30.5 Å². The summed E-state index contributed by atoms with van der Waals surface area (Å²) >= 11 is 0. The fourth-order valence-electron chi connectivity index (χ4n) is 3.85. The Balaban J connectivity index is 1.41. The zero-order valence-corrected chi connectivity index (χ0v) is 20.2. The van der Waals surface area contributed by atoms with Crippen molar-refractivity contribution >= 4 is 38.9 Å². The van der Waals surface area contributed by atoms with Crippen LogP contribution in [0, 0.1) is 0 Å². The third-order valence-electron chi connectivity index (χ3n) is 5.70. The highest BCUT2D eigenvalue weighted by molar-refractivity contribution is 8.05. The Morgan fingerprint density at radius 1 is 1.03 bits per heavy atom. The van der Waals surface area contributed by atoms with Crippen molar-refractivity contribution in [2.45, 2.75) is 25.4 Å². The average molecular weight is 567 g/mol. The van der Waals surface area contributed by atoms with Crippen LogP contribution in [0.4, 0.5) is 26.3 Å². The van der Waals surface area contributed by atoms with Gasteiger partial charge in [0.15, 0.2) is 5.17 Å². The molecule has 1 unspecified atom stereocenters. The van der Waals surface area contributed by atoms with E-state index in [1.54, 1.807) is 12.1 Å². The quantitative estimate of drug-likeness (QED) is 0.279. The van der Waals surface area contributed by atoms with Crippen LogP contribution in [-0.2, 0) is 41.0 Å². The molecule has 0 radical (unpaired) electrons. The number of nitrogens with zero attached hydrogens (tertiary/aromatic N) is 5. The van der Waals surface area contributed by atoms with E-state index in [4.69, 9.17) is 0 Å². The summed E-state index contributed by atoms with van der Waals surface area (Å²) in [6, 6.07) is 6.12. The SMILES string of the molecule is O=C1NC(=NCc2cn[nH]n2)S(=O)C1=Cc1ccc2c(cnn2Cc2ccc(C(F)(F)F)cc2C(F)(F)F)c1. The van der Waals surface area contributed by atoms with Gasteiger partial charge in [0.05, 0.1) is 42.1 Å². The molecule has 0 saturated carbocycles. The zero-order valence-electron chi connectivity index (χ0n) is 19.3. The van der Waals surface area contributed by atoms with E-state index in [0.717, 1.165) is 6.07 Å². The first-order chi connectivity index (χ1) is 18.4. The Hall–Kier alpha value is -4.34. The van der Waals surface area contributed by atoms with Crippen molar-refractivity contribution in [2.75, 3.05) is 0 Å². The summed E-state index contributed by atoms with van der Waals surface area (Å²) in [4.78, 5) is 16.4. The molecule has 1 fully saturated rings. The van der Waals surface area contributed by atoms with Gasteiger partial charge in [0.2, 0.25) is 0 Å². The predicted molar refractivity (Wildman–Crippen MR) is 127 cm³/mol. The second kappa shape index (κ2) is 9.76. The summed E-state index contributed by atoms with van der Waals surface area (Å²) in [6.07, 6.45) is -5.75. The van der Waals surface area contributed by atoms with E-state index >= 15 is 0 Å². The van der Waals surface area contributed by atoms with Gasteiger partial charge in [-0.15, -0.1) is 0 Å². The number of H-pyrrole nitrogens is 1. The first-order valence-electron chi connectivity index (χ1n) is 11.0. The highest BCUT2D eigenvalue weighted by Crippen LogP contribution is 2.37. The minimum Gasteiger partial charge on any atom is -0.298 e. The van der Waals surface area contributed by atoms with E-state index in [-0.39, 0.29) is 28.2 Å². The van der Waals surface area contributed by atoms with E-state index in [9.17, 15) is 35.3 Å². The number of nitrogens with one attached hydrogen (secondary N) is 2. The molecule has 9 nitrogen and oxygen atoms in total. The third kappa shape index (κ3) is 5.45. The van der Waals surface area contributed by atoms with Crippen LogP contribution in [0.3, 0.4) is 0 Å². The molecule has 16 heteroatoms. The van der Waals surface area contributed by atoms with E-state index in [1.807, 2.05) is 0 Å². The van der Waals surface area contributed by atoms with Gasteiger partial charge in [0, 0.05) is 5.39 Å². The molecule has 0 spiro atoms. The van der Waals surface area contributed by atoms with Gasteiger partial charge in [0.1, 0.15) is 21.4 Å². The molecular weight excluding hydrogens is 552 g/mol. The van der Waals surface area contributed by atoms with Crippen LogP contribution in [0.15, 0.2) is 58.7 Å². The molecule has 4 aromatic rings. The second-order valence-electron chi connectivity index (χ2n) is 8.30. The number of carbonyl (C=O) groups excluding carboxylic acids is 1. The minimum absolute atomic E-state index is 0.0415. The van der Waals surface area contributed by atoms with Gasteiger partial charge in [-0.3, -0.25) is 19.8 Å². The Kier molecular flexibility index (Phi) is 6.57. The Morgan fingerprint density at radius 2 is 1.82 bits per heavy atom. The number of alkyl halides is 6. The van der Waals surface area contributed by atoms with Gasteiger partial charge in [0.25, 0.3) is 5.91 Å². The van der Waals surface area contributed by atoms with Crippen LogP contribution in [0.5, 0.6) is 0 Å². The molecule has 39 heavy (non-hydrogen) atoms. The number of benzene rings is 2. The highest BCUT2D eigenvalue weighted by Gasteiger charge is 2.38. The highest BCUT2D eigenvalue weighted by atomic mass is 32.2. The maximum Gasteiger partial charge on any atom is 0.416 e. The third-order valence-corrected chi connectivity index (χ3v) is 6.98. The molecule has 0 bridgehead atoms. The summed E-state index contributed by atoms with van der Waals surface area (Å²) < 4.78 is 93.5. The fourth-order valence-corrected chi connectivity index (χ4v) is 4.89. The summed E-state index contributed by atoms with van der Waals surface area (Å²) in [6.45, 7) is -0.389. The number of aliphatic imine (C=N–C) groups is 1. The first kappa shape index (κ1) is 26.3. The number of carbonyl (C=O) groups is 1. The second-order valence-corrected chi connectivity index (χ2v) is 9.67. The molecule has 1 saturated heterocycles. The minimum atomic E-state index is -5.01. The van der Waals surface area contributed by atoms with Crippen molar-refractivity contribution in [1.29, 1.82) is 0 Å². The smallest absolute Gasteiger partial charge is 0.298 e. The van der Waals surface area contributed by atoms with E-state index in [2.05, 4.69) is 30.8 Å². The number of amidine groups is 1. The number of hydrogen-bond donors (Lipinski definition) is 2. The van der Waals surface area contributed by atoms with Gasteiger partial charge in [-0.25, -0.2) is 4.21 Å². The molecule has 5 rings (SSSR count). The molecular formula is C23H15F6N7O2S. The van der Waals surface area contributed by atoms with Crippen LogP contribution in [0.2, 0.25) is 0 Å². The van der Waals surface area contributed by atoms with Gasteiger partial charge in [-0.05, 0) is 41.5 Å². The van der Waals surface area contributed by atoms with Crippen molar-refractivity contribution in [2.24, 2.45) is 4.99 Å². The molecule has 1 atom stereocenters. The maximum atomic E-state index is 13.5. The van der Waals surface area contributed by atoms with Gasteiger partial charge in [-0.2, -0.15) is 46.9 Å². The summed E-state index contributed by atoms with van der Waals surface area (Å²) in [5.41, 5.74) is -1.85. The summed E-state index contributed by atoms with van der Waals surface area (Å²) in [5, 5.41) is 16.8. The number of fused-ring (bicyclic) bond motifs is 1. The van der Waals surface area contributed by atoms with E-state index in [1.165, 1.54) is 29.2 Å². The number of rotatable bonds is 5. The van der Waals surface area contributed by atoms with E-state index in [0.29, 0.717) is 28.2 Å². The van der Waals surface area contributed by atoms with Crippen LogP contribution >= 0.6 is 0 Å². The molecule has 1 aliphatic rings. The first-order valence-corrected chi connectivity index (χ1v) is 12.1. The maximum absolute atomic E-state index is 13.5. The van der Waals surface area contributed by atoms with Crippen LogP contribution in [0.1, 0.15) is 27.9 Å². The molecule has 3 heterocycles. The predicted octanol–water partition coefficient (Wildman–Crippen LogP) is 4.02. The van der Waals surface area contributed by atoms with E-state index < -0.39 is 46.7 Å². The number of amides is 1. The number of halogens is 6. The Morgan fingerprint density at radius 3 is 2.51 bits per heavy atom. The van der Waals surface area contributed by atoms with Crippen LogP contribution in [0.25, 0.3) is 17.0 Å². The normalized spacial score (nSPS) is 18.4. The topological polar surface area (TPSA) is 118 Å².